The summed E-state index contributed by atoms with van der Waals surface area (Å²) in [5.41, 5.74) is 0.480. The molecule has 0 spiro atoms. The van der Waals surface area contributed by atoms with E-state index < -0.39 is 0 Å². The molecule has 2 heterocycles. The molecule has 0 aliphatic carbocycles. The zero-order valence-electron chi connectivity index (χ0n) is 10.7. The predicted molar refractivity (Wildman–Crippen MR) is 73.9 cm³/mol. The third kappa shape index (κ3) is 3.24. The Kier molecular flexibility index (Phi) is 4.39. The molecule has 0 unspecified atom stereocenters. The van der Waals surface area contributed by atoms with Crippen LogP contribution in [0.25, 0.3) is 0 Å². The molecule has 0 saturated carbocycles. The van der Waals surface area contributed by atoms with Gasteiger partial charge in [-0.1, -0.05) is 0 Å². The van der Waals surface area contributed by atoms with Gasteiger partial charge in [0, 0.05) is 18.9 Å². The Labute approximate surface area is 119 Å². The van der Waals surface area contributed by atoms with Crippen LogP contribution in [0.5, 0.6) is 0 Å². The Hall–Kier alpha value is -1.60. The van der Waals surface area contributed by atoms with E-state index in [0.717, 1.165) is 6.54 Å². The van der Waals surface area contributed by atoms with Crippen molar-refractivity contribution in [2.45, 2.75) is 6.54 Å². The van der Waals surface area contributed by atoms with Gasteiger partial charge in [0.15, 0.2) is 0 Å². The minimum Gasteiger partial charge on any atom is -0.308 e. The molecule has 0 aliphatic heterocycles. The first-order chi connectivity index (χ1) is 9.09. The van der Waals surface area contributed by atoms with Crippen molar-refractivity contribution in [2.24, 2.45) is 0 Å². The standard InChI is InChI=1S/C12H14BrN5O/c1-17(2)6-7-18-10(9(13)8-16-18)11(19)12-14-4-3-5-15-12/h3-5,8H,6-7H2,1-2H3. The monoisotopic (exact) mass is 323 g/mol. The maximum Gasteiger partial charge on any atom is 0.249 e. The summed E-state index contributed by atoms with van der Waals surface area (Å²) in [5, 5.41) is 4.20. The molecular weight excluding hydrogens is 310 g/mol. The second-order valence-corrected chi connectivity index (χ2v) is 5.12. The summed E-state index contributed by atoms with van der Waals surface area (Å²) in [6, 6.07) is 1.68. The second kappa shape index (κ2) is 6.03. The van der Waals surface area contributed by atoms with Crippen LogP contribution in [-0.2, 0) is 6.54 Å². The lowest BCUT2D eigenvalue weighted by atomic mass is 10.2. The molecule has 0 amide bonds. The molecule has 2 aromatic heterocycles. The van der Waals surface area contributed by atoms with Crippen molar-refractivity contribution in [3.63, 3.8) is 0 Å². The summed E-state index contributed by atoms with van der Waals surface area (Å²) < 4.78 is 2.33. The van der Waals surface area contributed by atoms with Crippen molar-refractivity contribution in [1.82, 2.24) is 24.6 Å². The van der Waals surface area contributed by atoms with Crippen molar-refractivity contribution < 1.29 is 4.79 Å². The van der Waals surface area contributed by atoms with Gasteiger partial charge in [0.25, 0.3) is 0 Å². The second-order valence-electron chi connectivity index (χ2n) is 4.27. The van der Waals surface area contributed by atoms with Crippen LogP contribution in [0, 0.1) is 0 Å². The van der Waals surface area contributed by atoms with E-state index in [2.05, 4.69) is 31.0 Å². The van der Waals surface area contributed by atoms with Crippen molar-refractivity contribution in [3.8, 4) is 0 Å². The number of rotatable bonds is 5. The largest absolute Gasteiger partial charge is 0.308 e. The first-order valence-corrected chi connectivity index (χ1v) is 6.56. The summed E-state index contributed by atoms with van der Waals surface area (Å²) >= 11 is 3.35. The zero-order valence-corrected chi connectivity index (χ0v) is 12.3. The SMILES string of the molecule is CN(C)CCn1ncc(Br)c1C(=O)c1ncccn1. The van der Waals surface area contributed by atoms with Gasteiger partial charge in [-0.3, -0.25) is 9.48 Å². The van der Waals surface area contributed by atoms with E-state index in [1.165, 1.54) is 0 Å². The highest BCUT2D eigenvalue weighted by molar-refractivity contribution is 9.10. The minimum atomic E-state index is -0.233. The molecule has 0 aliphatic rings. The molecule has 0 bridgehead atoms. The number of likely N-dealkylation sites (N-methyl/N-ethyl adjacent to an activating group) is 1. The Morgan fingerprint density at radius 1 is 1.37 bits per heavy atom. The number of aromatic nitrogens is 4. The van der Waals surface area contributed by atoms with Crippen molar-refractivity contribution in [2.75, 3.05) is 20.6 Å². The van der Waals surface area contributed by atoms with Gasteiger partial charge in [0.2, 0.25) is 11.6 Å². The molecule has 0 N–H and O–H groups in total. The summed E-state index contributed by atoms with van der Waals surface area (Å²) in [6.07, 6.45) is 4.72. The maximum atomic E-state index is 12.4. The van der Waals surface area contributed by atoms with Gasteiger partial charge < -0.3 is 4.90 Å². The van der Waals surface area contributed by atoms with E-state index in [1.807, 2.05) is 19.0 Å². The fraction of sp³-hybridized carbons (Fsp3) is 0.333. The van der Waals surface area contributed by atoms with E-state index in [4.69, 9.17) is 0 Å². The number of hydrogen-bond acceptors (Lipinski definition) is 5. The number of ketones is 1. The summed E-state index contributed by atoms with van der Waals surface area (Å²) in [5.74, 6) is -0.0569. The fourth-order valence-corrected chi connectivity index (χ4v) is 2.05. The first kappa shape index (κ1) is 13.8. The number of hydrogen-bond donors (Lipinski definition) is 0. The molecular formula is C12H14BrN5O. The number of halogens is 1. The summed E-state index contributed by atoms with van der Waals surface area (Å²) in [6.45, 7) is 1.43. The molecule has 19 heavy (non-hydrogen) atoms. The number of carbonyl (C=O) groups excluding carboxylic acids is 1. The highest BCUT2D eigenvalue weighted by Crippen LogP contribution is 2.18. The number of nitrogens with zero attached hydrogens (tertiary/aromatic N) is 5. The van der Waals surface area contributed by atoms with Crippen molar-refractivity contribution in [3.05, 3.63) is 40.6 Å². The van der Waals surface area contributed by atoms with E-state index in [1.54, 1.807) is 29.3 Å². The predicted octanol–water partition coefficient (Wildman–Crippen LogP) is 1.23. The molecule has 0 aromatic carbocycles. The molecule has 6 nitrogen and oxygen atoms in total. The number of carbonyl (C=O) groups is 1. The average molecular weight is 324 g/mol. The van der Waals surface area contributed by atoms with E-state index in [-0.39, 0.29) is 11.6 Å². The summed E-state index contributed by atoms with van der Waals surface area (Å²) in [4.78, 5) is 22.4. The Morgan fingerprint density at radius 2 is 2.05 bits per heavy atom. The third-order valence-electron chi connectivity index (χ3n) is 2.54. The quantitative estimate of drug-likeness (QED) is 0.774. The van der Waals surface area contributed by atoms with Gasteiger partial charge in [-0.2, -0.15) is 5.10 Å². The maximum absolute atomic E-state index is 12.4. The van der Waals surface area contributed by atoms with Crippen LogP contribution in [0.3, 0.4) is 0 Å². The lowest BCUT2D eigenvalue weighted by molar-refractivity contribution is 0.101. The lowest BCUT2D eigenvalue weighted by Crippen LogP contribution is -2.22. The van der Waals surface area contributed by atoms with Crippen LogP contribution in [0.4, 0.5) is 0 Å². The molecule has 7 heteroatoms. The van der Waals surface area contributed by atoms with Crippen LogP contribution >= 0.6 is 15.9 Å². The topological polar surface area (TPSA) is 63.9 Å². The van der Waals surface area contributed by atoms with Crippen LogP contribution in [0.2, 0.25) is 0 Å². The Bertz CT molecular complexity index is 567. The van der Waals surface area contributed by atoms with Crippen molar-refractivity contribution in [1.29, 1.82) is 0 Å². The van der Waals surface area contributed by atoms with Gasteiger partial charge >= 0.3 is 0 Å². The average Bonchev–Trinajstić information content (AvgIpc) is 2.78. The van der Waals surface area contributed by atoms with Crippen LogP contribution in [0.1, 0.15) is 16.3 Å². The molecule has 2 aromatic rings. The first-order valence-electron chi connectivity index (χ1n) is 5.77. The Balaban J connectivity index is 2.29. The van der Waals surface area contributed by atoms with Gasteiger partial charge in [-0.05, 0) is 36.1 Å². The smallest absolute Gasteiger partial charge is 0.249 e. The molecule has 2 rings (SSSR count). The highest BCUT2D eigenvalue weighted by Gasteiger charge is 2.20. The van der Waals surface area contributed by atoms with E-state index in [0.29, 0.717) is 16.7 Å². The summed E-state index contributed by atoms with van der Waals surface area (Å²) in [7, 11) is 3.95. The molecule has 0 saturated heterocycles. The van der Waals surface area contributed by atoms with Crippen LogP contribution in [0.15, 0.2) is 29.1 Å². The Morgan fingerprint density at radius 3 is 2.68 bits per heavy atom. The normalized spacial score (nSPS) is 10.9. The van der Waals surface area contributed by atoms with Gasteiger partial charge in [0.1, 0.15) is 5.69 Å². The van der Waals surface area contributed by atoms with Crippen LogP contribution < -0.4 is 0 Å². The fourth-order valence-electron chi connectivity index (χ4n) is 1.57. The molecule has 0 atom stereocenters. The van der Waals surface area contributed by atoms with Gasteiger partial charge in [-0.25, -0.2) is 9.97 Å². The highest BCUT2D eigenvalue weighted by atomic mass is 79.9. The van der Waals surface area contributed by atoms with Gasteiger partial charge in [0.05, 0.1) is 17.2 Å². The lowest BCUT2D eigenvalue weighted by Gasteiger charge is -2.11. The molecule has 0 radical (unpaired) electrons. The van der Waals surface area contributed by atoms with E-state index in [9.17, 15) is 4.79 Å². The minimum absolute atomic E-state index is 0.176. The molecule has 100 valence electrons. The van der Waals surface area contributed by atoms with Crippen LogP contribution in [-0.4, -0.2) is 51.1 Å². The van der Waals surface area contributed by atoms with Crippen molar-refractivity contribution >= 4 is 21.7 Å². The van der Waals surface area contributed by atoms with E-state index >= 15 is 0 Å². The van der Waals surface area contributed by atoms with Gasteiger partial charge in [-0.15, -0.1) is 0 Å². The molecule has 0 fully saturated rings. The zero-order chi connectivity index (χ0) is 13.8. The third-order valence-corrected chi connectivity index (χ3v) is 3.12.